The van der Waals surface area contributed by atoms with Crippen LogP contribution in [0.4, 0.5) is 0 Å². The molecule has 1 aromatic rings. The second kappa shape index (κ2) is 5.85. The van der Waals surface area contributed by atoms with Crippen molar-refractivity contribution in [3.8, 4) is 5.75 Å². The summed E-state index contributed by atoms with van der Waals surface area (Å²) in [7, 11) is 0. The lowest BCUT2D eigenvalue weighted by molar-refractivity contribution is -0.123. The van der Waals surface area contributed by atoms with Crippen LogP contribution in [0.2, 0.25) is 0 Å². The quantitative estimate of drug-likeness (QED) is 0.843. The first-order valence-corrected chi connectivity index (χ1v) is 6.60. The Kier molecular flexibility index (Phi) is 4.18. The van der Waals surface area contributed by atoms with Gasteiger partial charge in [-0.1, -0.05) is 19.3 Å². The lowest BCUT2D eigenvalue weighted by Crippen LogP contribution is -2.20. The Morgan fingerprint density at radius 1 is 1.17 bits per heavy atom. The van der Waals surface area contributed by atoms with Crippen LogP contribution >= 0.6 is 0 Å². The molecule has 0 aliphatic heterocycles. The van der Waals surface area contributed by atoms with Crippen molar-refractivity contribution >= 4 is 5.78 Å². The summed E-state index contributed by atoms with van der Waals surface area (Å²) in [5.41, 5.74) is 0.252. The summed E-state index contributed by atoms with van der Waals surface area (Å²) < 4.78 is 0. The topological polar surface area (TPSA) is 70.2 Å². The Morgan fingerprint density at radius 2 is 1.94 bits per heavy atom. The van der Waals surface area contributed by atoms with Crippen LogP contribution in [0, 0.1) is 5.92 Å². The average molecular weight is 249 g/mol. The second-order valence-corrected chi connectivity index (χ2v) is 5.02. The molecule has 0 aromatic carbocycles. The molecule has 1 aliphatic rings. The van der Waals surface area contributed by atoms with Gasteiger partial charge in [-0.05, 0) is 31.4 Å². The van der Waals surface area contributed by atoms with Crippen LogP contribution in [0.5, 0.6) is 5.75 Å². The van der Waals surface area contributed by atoms with Crippen LogP contribution in [-0.2, 0) is 11.2 Å². The average Bonchev–Trinajstić information content (AvgIpc) is 2.33. The third-order valence-corrected chi connectivity index (χ3v) is 3.60. The monoisotopic (exact) mass is 249 g/mol. The Morgan fingerprint density at radius 3 is 2.72 bits per heavy atom. The minimum absolute atomic E-state index is 0.0190. The number of hydrogen-bond donors (Lipinski definition) is 2. The van der Waals surface area contributed by atoms with E-state index in [0.717, 1.165) is 31.4 Å². The van der Waals surface area contributed by atoms with E-state index in [0.29, 0.717) is 18.6 Å². The molecule has 1 aliphatic carbocycles. The molecule has 1 unspecified atom stereocenters. The van der Waals surface area contributed by atoms with Gasteiger partial charge in [0.1, 0.15) is 5.78 Å². The fourth-order valence-electron chi connectivity index (χ4n) is 2.52. The summed E-state index contributed by atoms with van der Waals surface area (Å²) in [5, 5.41) is 9.17. The van der Waals surface area contributed by atoms with Crippen LogP contribution in [0.15, 0.2) is 16.9 Å². The van der Waals surface area contributed by atoms with Gasteiger partial charge in [-0.25, -0.2) is 0 Å². The predicted octanol–water partition coefficient (Wildman–Crippen LogP) is 2.16. The molecule has 2 rings (SSSR count). The van der Waals surface area contributed by atoms with Gasteiger partial charge in [0.25, 0.3) is 5.56 Å². The number of carbonyl (C=O) groups is 1. The summed E-state index contributed by atoms with van der Waals surface area (Å²) >= 11 is 0. The summed E-state index contributed by atoms with van der Waals surface area (Å²) in [5.74, 6) is 0.0526. The summed E-state index contributed by atoms with van der Waals surface area (Å²) in [6.45, 7) is 0. The molecule has 0 spiro atoms. The van der Waals surface area contributed by atoms with Crippen LogP contribution in [0.1, 0.15) is 44.2 Å². The molecule has 0 saturated heterocycles. The smallest absolute Gasteiger partial charge is 0.290 e. The maximum Gasteiger partial charge on any atom is 0.290 e. The molecular weight excluding hydrogens is 230 g/mol. The van der Waals surface area contributed by atoms with Crippen molar-refractivity contribution in [2.75, 3.05) is 0 Å². The third-order valence-electron chi connectivity index (χ3n) is 3.60. The second-order valence-electron chi connectivity index (χ2n) is 5.02. The number of Topliss-reactive ketones (excluding diaryl/α,β-unsaturated/α-hetero) is 1. The number of aromatic amines is 1. The molecular formula is C14H19NO3. The van der Waals surface area contributed by atoms with Crippen LogP contribution in [0.25, 0.3) is 0 Å². The molecule has 4 heteroatoms. The molecule has 1 heterocycles. The molecule has 0 amide bonds. The summed E-state index contributed by atoms with van der Waals surface area (Å²) in [4.78, 5) is 25.9. The molecule has 98 valence electrons. The Hall–Kier alpha value is -1.58. The van der Waals surface area contributed by atoms with Gasteiger partial charge in [0.15, 0.2) is 5.75 Å². The zero-order valence-corrected chi connectivity index (χ0v) is 10.4. The van der Waals surface area contributed by atoms with E-state index in [1.54, 1.807) is 6.07 Å². The summed E-state index contributed by atoms with van der Waals surface area (Å²) in [6, 6.07) is 3.07. The number of ketones is 1. The fourth-order valence-corrected chi connectivity index (χ4v) is 2.52. The van der Waals surface area contributed by atoms with Gasteiger partial charge in [-0.2, -0.15) is 0 Å². The van der Waals surface area contributed by atoms with Gasteiger partial charge < -0.3 is 10.1 Å². The Labute approximate surface area is 106 Å². The number of nitrogens with one attached hydrogen (secondary N) is 1. The Bertz CT molecular complexity index is 478. The zero-order chi connectivity index (χ0) is 13.0. The van der Waals surface area contributed by atoms with E-state index >= 15 is 0 Å². The van der Waals surface area contributed by atoms with E-state index in [1.165, 1.54) is 12.5 Å². The molecule has 1 saturated carbocycles. The van der Waals surface area contributed by atoms with E-state index in [2.05, 4.69) is 4.98 Å². The van der Waals surface area contributed by atoms with Gasteiger partial charge in [-0.15, -0.1) is 0 Å². The highest BCUT2D eigenvalue weighted by Crippen LogP contribution is 2.22. The minimum Gasteiger partial charge on any atom is -0.503 e. The molecule has 1 aromatic heterocycles. The minimum atomic E-state index is -0.481. The van der Waals surface area contributed by atoms with E-state index in [1.807, 2.05) is 0 Å². The molecule has 4 nitrogen and oxygen atoms in total. The van der Waals surface area contributed by atoms with Gasteiger partial charge in [0, 0.05) is 18.0 Å². The fraction of sp³-hybridized carbons (Fsp3) is 0.571. The van der Waals surface area contributed by atoms with Crippen molar-refractivity contribution in [3.63, 3.8) is 0 Å². The number of carbonyl (C=O) groups excluding carboxylic acids is 1. The van der Waals surface area contributed by atoms with Crippen molar-refractivity contribution in [1.82, 2.24) is 4.98 Å². The highest BCUT2D eigenvalue weighted by atomic mass is 16.3. The van der Waals surface area contributed by atoms with Crippen molar-refractivity contribution < 1.29 is 9.90 Å². The van der Waals surface area contributed by atoms with E-state index in [-0.39, 0.29) is 11.7 Å². The predicted molar refractivity (Wildman–Crippen MR) is 68.6 cm³/mol. The van der Waals surface area contributed by atoms with Crippen LogP contribution in [0.3, 0.4) is 0 Å². The number of pyridine rings is 1. The van der Waals surface area contributed by atoms with Crippen molar-refractivity contribution in [3.05, 3.63) is 28.2 Å². The first kappa shape index (κ1) is 12.9. The number of aromatic hydroxyl groups is 1. The van der Waals surface area contributed by atoms with Crippen LogP contribution < -0.4 is 5.56 Å². The number of aromatic nitrogens is 1. The maximum absolute atomic E-state index is 12.0. The SMILES string of the molecule is O=C1CCCCCCC1Cc1ccc(O)c(=O)[nH]1. The molecule has 1 fully saturated rings. The van der Waals surface area contributed by atoms with E-state index in [9.17, 15) is 14.7 Å². The maximum atomic E-state index is 12.0. The standard InChI is InChI=1S/C14H19NO3/c16-12-6-4-2-1-3-5-10(12)9-11-7-8-13(17)14(18)15-11/h7-8,10,17H,1-6,9H2,(H,15,18). The highest BCUT2D eigenvalue weighted by Gasteiger charge is 2.20. The van der Waals surface area contributed by atoms with Crippen molar-refractivity contribution in [2.45, 2.75) is 44.9 Å². The molecule has 2 N–H and O–H groups in total. The van der Waals surface area contributed by atoms with E-state index < -0.39 is 5.56 Å². The van der Waals surface area contributed by atoms with Crippen molar-refractivity contribution in [2.24, 2.45) is 5.92 Å². The largest absolute Gasteiger partial charge is 0.503 e. The van der Waals surface area contributed by atoms with Gasteiger partial charge in [0.2, 0.25) is 0 Å². The molecule has 18 heavy (non-hydrogen) atoms. The molecule has 0 radical (unpaired) electrons. The first-order chi connectivity index (χ1) is 8.66. The van der Waals surface area contributed by atoms with Gasteiger partial charge >= 0.3 is 0 Å². The lowest BCUT2D eigenvalue weighted by atomic mass is 9.87. The third kappa shape index (κ3) is 3.22. The highest BCUT2D eigenvalue weighted by molar-refractivity contribution is 5.81. The molecule has 0 bridgehead atoms. The number of hydrogen-bond acceptors (Lipinski definition) is 3. The van der Waals surface area contributed by atoms with E-state index in [4.69, 9.17) is 0 Å². The summed E-state index contributed by atoms with van der Waals surface area (Å²) in [6.07, 6.45) is 6.55. The Balaban J connectivity index is 2.08. The normalized spacial score (nSPS) is 21.3. The van der Waals surface area contributed by atoms with Gasteiger partial charge in [0.05, 0.1) is 0 Å². The lowest BCUT2D eigenvalue weighted by Gasteiger charge is -2.18. The van der Waals surface area contributed by atoms with Crippen LogP contribution in [-0.4, -0.2) is 15.9 Å². The zero-order valence-electron chi connectivity index (χ0n) is 10.4. The molecule has 1 atom stereocenters. The van der Waals surface area contributed by atoms with Crippen molar-refractivity contribution in [1.29, 1.82) is 0 Å². The van der Waals surface area contributed by atoms with Gasteiger partial charge in [-0.3, -0.25) is 9.59 Å². The number of rotatable bonds is 2. The number of H-pyrrole nitrogens is 1. The first-order valence-electron chi connectivity index (χ1n) is 6.60.